The quantitative estimate of drug-likeness (QED) is 0.0414. The molecule has 0 aromatic rings. The minimum Gasteiger partial charge on any atom is -0.394 e. The molecule has 0 aromatic heterocycles. The third kappa shape index (κ3) is 22.5. The van der Waals surface area contributed by atoms with E-state index in [1.807, 2.05) is 0 Å². The highest BCUT2D eigenvalue weighted by molar-refractivity contribution is 5.92. The maximum atomic E-state index is 13.3. The van der Waals surface area contributed by atoms with E-state index in [0.717, 1.165) is 44.9 Å². The predicted molar refractivity (Wildman–Crippen MR) is 238 cm³/mol. The fourth-order valence-electron chi connectivity index (χ4n) is 8.04. The van der Waals surface area contributed by atoms with Gasteiger partial charge in [0.2, 0.25) is 23.6 Å². The summed E-state index contributed by atoms with van der Waals surface area (Å²) in [6, 6.07) is -1.11. The number of unbranched alkanes of at least 4 members (excludes halogenated alkanes) is 18. The first-order chi connectivity index (χ1) is 30.4. The van der Waals surface area contributed by atoms with E-state index in [-0.39, 0.29) is 31.7 Å². The van der Waals surface area contributed by atoms with Gasteiger partial charge in [0.25, 0.3) is 0 Å². The second-order valence-electron chi connectivity index (χ2n) is 17.6. The second-order valence-corrected chi connectivity index (χ2v) is 17.6. The molecule has 11 atom stereocenters. The van der Waals surface area contributed by atoms with Crippen molar-refractivity contribution in [2.75, 3.05) is 33.4 Å². The van der Waals surface area contributed by atoms with Gasteiger partial charge in [-0.15, -0.1) is 0 Å². The Morgan fingerprint density at radius 2 is 1.05 bits per heavy atom. The van der Waals surface area contributed by atoms with Gasteiger partial charge in [0.15, 0.2) is 12.6 Å². The molecule has 2 aliphatic rings. The van der Waals surface area contributed by atoms with Crippen molar-refractivity contribution in [2.45, 2.75) is 230 Å². The molecular weight excluding hydrogens is 817 g/mol. The highest BCUT2D eigenvalue weighted by Gasteiger charge is 2.50. The summed E-state index contributed by atoms with van der Waals surface area (Å²) in [5.41, 5.74) is 0. The lowest BCUT2D eigenvalue weighted by Crippen LogP contribution is -2.63. The Morgan fingerprint density at radius 3 is 1.57 bits per heavy atom. The summed E-state index contributed by atoms with van der Waals surface area (Å²) >= 11 is 0. The lowest BCUT2D eigenvalue weighted by Gasteiger charge is -2.46. The minimum atomic E-state index is -1.60. The largest absolute Gasteiger partial charge is 0.394 e. The molecule has 2 rings (SSSR count). The molecule has 63 heavy (non-hydrogen) atoms. The Bertz CT molecular complexity index is 1250. The monoisotopic (exact) mass is 903 g/mol. The summed E-state index contributed by atoms with van der Waals surface area (Å²) in [6.45, 7) is 6.18. The number of amides is 4. The van der Waals surface area contributed by atoms with Crippen LogP contribution in [0.2, 0.25) is 0 Å². The highest BCUT2D eigenvalue weighted by Crippen LogP contribution is 2.31. The Kier molecular flexibility index (Phi) is 30.5. The van der Waals surface area contributed by atoms with Crippen LogP contribution in [0.4, 0.5) is 0 Å². The van der Waals surface area contributed by atoms with Gasteiger partial charge in [-0.05, 0) is 12.8 Å². The predicted octanol–water partition coefficient (Wildman–Crippen LogP) is 3.39. The summed E-state index contributed by atoms with van der Waals surface area (Å²) in [6.07, 6.45) is 10.2. The van der Waals surface area contributed by atoms with Crippen LogP contribution >= 0.6 is 0 Å². The van der Waals surface area contributed by atoms with Gasteiger partial charge in [-0.3, -0.25) is 19.2 Å². The van der Waals surface area contributed by atoms with Crippen LogP contribution in [0.25, 0.3) is 0 Å². The van der Waals surface area contributed by atoms with Gasteiger partial charge >= 0.3 is 0 Å². The number of rotatable bonds is 35. The van der Waals surface area contributed by atoms with E-state index in [4.69, 9.17) is 18.9 Å². The molecule has 0 radical (unpaired) electrons. The zero-order valence-corrected chi connectivity index (χ0v) is 38.9. The Labute approximate surface area is 376 Å². The van der Waals surface area contributed by atoms with Gasteiger partial charge in [0.1, 0.15) is 36.6 Å². The van der Waals surface area contributed by atoms with Crippen molar-refractivity contribution in [3.8, 4) is 0 Å². The zero-order valence-electron chi connectivity index (χ0n) is 38.9. The van der Waals surface area contributed by atoms with Crippen molar-refractivity contribution in [3.63, 3.8) is 0 Å². The molecule has 2 fully saturated rings. The molecule has 0 bridgehead atoms. The van der Waals surface area contributed by atoms with Crippen LogP contribution in [-0.4, -0.2) is 144 Å². The van der Waals surface area contributed by atoms with Crippen LogP contribution in [0.3, 0.4) is 0 Å². The number of methoxy groups -OCH3 is 1. The van der Waals surface area contributed by atoms with Crippen LogP contribution < -0.4 is 21.3 Å². The number of aliphatic hydroxyl groups excluding tert-OH is 5. The van der Waals surface area contributed by atoms with Crippen molar-refractivity contribution >= 4 is 23.6 Å². The van der Waals surface area contributed by atoms with Crippen LogP contribution in [0.5, 0.6) is 0 Å². The molecule has 2 aliphatic heterocycles. The zero-order chi connectivity index (χ0) is 46.4. The molecule has 17 heteroatoms. The van der Waals surface area contributed by atoms with E-state index in [2.05, 4.69) is 35.1 Å². The van der Waals surface area contributed by atoms with E-state index >= 15 is 0 Å². The molecule has 9 N–H and O–H groups in total. The van der Waals surface area contributed by atoms with Gasteiger partial charge in [0, 0.05) is 45.5 Å². The molecule has 2 saturated heterocycles. The van der Waals surface area contributed by atoms with Crippen molar-refractivity contribution in [1.82, 2.24) is 21.3 Å². The lowest BCUT2D eigenvalue weighted by molar-refractivity contribution is -0.351. The van der Waals surface area contributed by atoms with Crippen LogP contribution in [0, 0.1) is 5.92 Å². The molecule has 368 valence electrons. The van der Waals surface area contributed by atoms with Gasteiger partial charge in [-0.1, -0.05) is 136 Å². The number of hydrogen-bond donors (Lipinski definition) is 9. The first-order valence-corrected chi connectivity index (χ1v) is 24.3. The fourth-order valence-corrected chi connectivity index (χ4v) is 8.04. The third-order valence-corrected chi connectivity index (χ3v) is 12.2. The average Bonchev–Trinajstić information content (AvgIpc) is 3.27. The topological polar surface area (TPSA) is 254 Å². The van der Waals surface area contributed by atoms with Crippen LogP contribution in [0.15, 0.2) is 0 Å². The molecule has 4 amide bonds. The highest BCUT2D eigenvalue weighted by atomic mass is 16.7. The average molecular weight is 903 g/mol. The van der Waals surface area contributed by atoms with Gasteiger partial charge in [0.05, 0.1) is 25.2 Å². The summed E-state index contributed by atoms with van der Waals surface area (Å²) in [4.78, 5) is 52.2. The number of carbonyl (C=O) groups excluding carboxylic acids is 4. The van der Waals surface area contributed by atoms with E-state index in [1.54, 1.807) is 6.92 Å². The number of aliphatic hydroxyl groups is 5. The molecule has 2 heterocycles. The third-order valence-electron chi connectivity index (χ3n) is 12.2. The van der Waals surface area contributed by atoms with E-state index in [0.29, 0.717) is 13.1 Å². The first-order valence-electron chi connectivity index (χ1n) is 24.3. The van der Waals surface area contributed by atoms with Crippen molar-refractivity contribution in [1.29, 1.82) is 0 Å². The van der Waals surface area contributed by atoms with E-state index < -0.39 is 91.6 Å². The first kappa shape index (κ1) is 56.6. The van der Waals surface area contributed by atoms with Gasteiger partial charge < -0.3 is 65.7 Å². The molecule has 4 unspecified atom stereocenters. The lowest BCUT2D eigenvalue weighted by atomic mass is 9.90. The second kappa shape index (κ2) is 33.9. The van der Waals surface area contributed by atoms with E-state index in [9.17, 15) is 44.7 Å². The summed E-state index contributed by atoms with van der Waals surface area (Å²) in [5, 5.41) is 63.5. The molecule has 17 nitrogen and oxygen atoms in total. The Hall–Kier alpha value is -2.48. The Morgan fingerprint density at radius 1 is 0.571 bits per heavy atom. The summed E-state index contributed by atoms with van der Waals surface area (Å²) in [7, 11) is 1.25. The Balaban J connectivity index is 1.86. The van der Waals surface area contributed by atoms with Gasteiger partial charge in [-0.2, -0.15) is 0 Å². The number of ether oxygens (including phenoxy) is 4. The van der Waals surface area contributed by atoms with E-state index in [1.165, 1.54) is 90.6 Å². The van der Waals surface area contributed by atoms with Crippen molar-refractivity contribution in [3.05, 3.63) is 0 Å². The van der Waals surface area contributed by atoms with Crippen molar-refractivity contribution < 1.29 is 63.7 Å². The fraction of sp³-hybridized carbons (Fsp3) is 0.913. The minimum absolute atomic E-state index is 0.143. The number of hydrogen-bond acceptors (Lipinski definition) is 13. The van der Waals surface area contributed by atoms with Crippen molar-refractivity contribution in [2.24, 2.45) is 5.92 Å². The standard InChI is InChI=1S/C46H86N4O13/c1-5-7-9-11-13-15-17-19-21-23-27-47-38(54)29-33(44(59)48-28-24-22-20-18-16-14-12-10-8-6-2)50-37(53)26-25-36(52)49-30-34-32(3)39(55)41(57)46(61-34)63-43-35(31-51)62-45(60-4)42(58)40(43)56/h32-35,39-43,45-46,51,55-58H,5-31H2,1-4H3,(H,47,54)(H,48,59)(H,49,52)(H,50,53)/t32-,33-,34?,35?,39-,40+,41?,42?,43-,45+,46-/m0/s1. The summed E-state index contributed by atoms with van der Waals surface area (Å²) in [5.74, 6) is -2.59. The van der Waals surface area contributed by atoms with Gasteiger partial charge in [-0.25, -0.2) is 0 Å². The maximum absolute atomic E-state index is 13.3. The number of carbonyl (C=O) groups is 4. The molecular formula is C46H86N4O13. The van der Waals surface area contributed by atoms with Crippen LogP contribution in [-0.2, 0) is 38.1 Å². The number of nitrogens with one attached hydrogen (secondary N) is 4. The maximum Gasteiger partial charge on any atom is 0.243 e. The molecule has 0 aromatic carbocycles. The normalized spacial score (nSPS) is 26.5. The smallest absolute Gasteiger partial charge is 0.243 e. The molecule has 0 aliphatic carbocycles. The molecule has 0 saturated carbocycles. The SMILES string of the molecule is CCCCCCCCCCCCNC(=O)C[C@H](NC(=O)CCC(=O)NCC1O[C@@H](O[C@H]2C(CO)O[C@@H](OC)C(O)[C@H]2O)C(O)[C@@H](O)[C@H]1C)C(=O)NCCCCCCCCCCCC. The molecule has 0 spiro atoms. The summed E-state index contributed by atoms with van der Waals surface area (Å²) < 4.78 is 22.1. The van der Waals surface area contributed by atoms with Crippen LogP contribution in [0.1, 0.15) is 168 Å².